The van der Waals surface area contributed by atoms with Gasteiger partial charge in [0, 0.05) is 37.2 Å². The maximum atomic E-state index is 13.1. The number of nitrogens with zero attached hydrogens (tertiary/aromatic N) is 3. The Balaban J connectivity index is 1.59. The first-order valence-corrected chi connectivity index (χ1v) is 14.7. The molecule has 0 radical (unpaired) electrons. The van der Waals surface area contributed by atoms with Crippen molar-refractivity contribution in [3.63, 3.8) is 0 Å². The predicted molar refractivity (Wildman–Crippen MR) is 164 cm³/mol. The fourth-order valence-electron chi connectivity index (χ4n) is 5.77. The van der Waals surface area contributed by atoms with Crippen molar-refractivity contribution < 1.29 is 24.9 Å². The molecule has 5 atom stereocenters. The number of amides is 1. The van der Waals surface area contributed by atoms with E-state index in [0.29, 0.717) is 17.7 Å². The molecular formula is C33H42N4O5. The standard InChI is InChI=1S/C33H42N4O5/c1-6-15-37(16-7-2)24-12-11-21-17-23(10-9-22(21)18-24)27-14-13-26(36(27)5)20(4)25(19-34)32(40)35-29-31(39)30(38)28(8-3)42-33(29)41/h9-14,17-18,28-31,33,38-39,41H,6-8,15-16H2,1-5H3,(H,35,40)/b25-20+/t28-,29-,30-,31-,33?/m1/s1. The van der Waals surface area contributed by atoms with E-state index in [1.54, 1.807) is 13.8 Å². The molecule has 2 heterocycles. The van der Waals surface area contributed by atoms with E-state index in [0.717, 1.165) is 48.0 Å². The van der Waals surface area contributed by atoms with Crippen molar-refractivity contribution in [2.24, 2.45) is 7.05 Å². The summed E-state index contributed by atoms with van der Waals surface area (Å²) in [6, 6.07) is 17.4. The highest BCUT2D eigenvalue weighted by atomic mass is 16.6. The maximum Gasteiger partial charge on any atom is 0.262 e. The Morgan fingerprint density at radius 3 is 2.31 bits per heavy atom. The largest absolute Gasteiger partial charge is 0.388 e. The molecule has 0 saturated carbocycles. The third-order valence-corrected chi connectivity index (χ3v) is 8.11. The van der Waals surface area contributed by atoms with Gasteiger partial charge in [-0.15, -0.1) is 0 Å². The highest BCUT2D eigenvalue weighted by Crippen LogP contribution is 2.31. The Morgan fingerprint density at radius 1 is 1.00 bits per heavy atom. The van der Waals surface area contributed by atoms with Crippen molar-refractivity contribution in [2.75, 3.05) is 18.0 Å². The monoisotopic (exact) mass is 574 g/mol. The van der Waals surface area contributed by atoms with Crippen molar-refractivity contribution in [1.82, 2.24) is 9.88 Å². The minimum atomic E-state index is -1.52. The number of carbonyl (C=O) groups excluding carboxylic acids is 1. The number of aromatic nitrogens is 1. The van der Waals surface area contributed by atoms with Crippen LogP contribution in [0.3, 0.4) is 0 Å². The lowest BCUT2D eigenvalue weighted by Gasteiger charge is -2.40. The van der Waals surface area contributed by atoms with Crippen molar-refractivity contribution in [2.45, 2.75) is 77.6 Å². The molecule has 4 rings (SSSR count). The number of fused-ring (bicyclic) bond motifs is 1. The zero-order valence-corrected chi connectivity index (χ0v) is 25.0. The van der Waals surface area contributed by atoms with Crippen molar-refractivity contribution in [1.29, 1.82) is 5.26 Å². The Labute approximate surface area is 247 Å². The topological polar surface area (TPSA) is 131 Å². The first-order valence-electron chi connectivity index (χ1n) is 14.7. The molecule has 0 aliphatic carbocycles. The van der Waals surface area contributed by atoms with Crippen LogP contribution in [0.5, 0.6) is 0 Å². The van der Waals surface area contributed by atoms with Gasteiger partial charge in [0.2, 0.25) is 0 Å². The average Bonchev–Trinajstić information content (AvgIpc) is 3.37. The first-order chi connectivity index (χ1) is 20.1. The van der Waals surface area contributed by atoms with Crippen LogP contribution in [-0.2, 0) is 16.6 Å². The third kappa shape index (κ3) is 6.22. The molecule has 42 heavy (non-hydrogen) atoms. The molecule has 1 saturated heterocycles. The minimum Gasteiger partial charge on any atom is -0.388 e. The molecule has 3 aromatic rings. The molecule has 1 fully saturated rings. The highest BCUT2D eigenvalue weighted by Gasteiger charge is 2.44. The number of rotatable bonds is 10. The summed E-state index contributed by atoms with van der Waals surface area (Å²) in [5.74, 6) is -0.770. The summed E-state index contributed by atoms with van der Waals surface area (Å²) in [7, 11) is 1.88. The van der Waals surface area contributed by atoms with E-state index in [1.165, 1.54) is 5.69 Å². The Hall–Kier alpha value is -3.68. The van der Waals surface area contributed by atoms with Crippen LogP contribution >= 0.6 is 0 Å². The Morgan fingerprint density at radius 2 is 1.67 bits per heavy atom. The van der Waals surface area contributed by atoms with Crippen LogP contribution in [0.25, 0.3) is 27.6 Å². The van der Waals surface area contributed by atoms with Gasteiger partial charge in [-0.25, -0.2) is 0 Å². The van der Waals surface area contributed by atoms with Gasteiger partial charge in [0.1, 0.15) is 29.9 Å². The van der Waals surface area contributed by atoms with Gasteiger partial charge in [0.25, 0.3) is 5.91 Å². The molecule has 9 heteroatoms. The van der Waals surface area contributed by atoms with E-state index < -0.39 is 36.6 Å². The van der Waals surface area contributed by atoms with Crippen molar-refractivity contribution in [3.8, 4) is 17.3 Å². The molecule has 9 nitrogen and oxygen atoms in total. The minimum absolute atomic E-state index is 0.163. The van der Waals surface area contributed by atoms with E-state index in [1.807, 2.05) is 29.8 Å². The number of nitrogens with one attached hydrogen (secondary N) is 1. The van der Waals surface area contributed by atoms with Gasteiger partial charge in [-0.2, -0.15) is 5.26 Å². The maximum absolute atomic E-state index is 13.1. The molecular weight excluding hydrogens is 532 g/mol. The molecule has 1 aliphatic rings. The second kappa shape index (κ2) is 13.5. The summed E-state index contributed by atoms with van der Waals surface area (Å²) >= 11 is 0. The number of aliphatic hydroxyl groups excluding tert-OH is 3. The Kier molecular flexibility index (Phi) is 10.1. The second-order valence-corrected chi connectivity index (χ2v) is 11.0. The van der Waals surface area contributed by atoms with E-state index in [4.69, 9.17) is 4.74 Å². The lowest BCUT2D eigenvalue weighted by molar-refractivity contribution is -0.247. The van der Waals surface area contributed by atoms with E-state index in [2.05, 4.69) is 60.5 Å². The molecule has 0 spiro atoms. The number of hydrogen-bond donors (Lipinski definition) is 4. The van der Waals surface area contributed by atoms with Gasteiger partial charge in [0.05, 0.1) is 6.10 Å². The number of carbonyl (C=O) groups is 1. The molecule has 1 amide bonds. The van der Waals surface area contributed by atoms with E-state index in [9.17, 15) is 25.4 Å². The predicted octanol–water partition coefficient (Wildman–Crippen LogP) is 4.10. The second-order valence-electron chi connectivity index (χ2n) is 11.0. The van der Waals surface area contributed by atoms with E-state index >= 15 is 0 Å². The van der Waals surface area contributed by atoms with Crippen molar-refractivity contribution in [3.05, 3.63) is 59.8 Å². The summed E-state index contributed by atoms with van der Waals surface area (Å²) in [5, 5.41) is 45.8. The summed E-state index contributed by atoms with van der Waals surface area (Å²) in [6.45, 7) is 9.87. The number of nitriles is 1. The molecule has 2 aromatic carbocycles. The molecule has 1 unspecified atom stereocenters. The zero-order chi connectivity index (χ0) is 30.6. The van der Waals surface area contributed by atoms with Crippen molar-refractivity contribution >= 4 is 27.9 Å². The quantitative estimate of drug-likeness (QED) is 0.212. The number of allylic oxidation sites excluding steroid dienone is 1. The van der Waals surface area contributed by atoms with Gasteiger partial charge in [-0.3, -0.25) is 4.79 Å². The normalized spacial score (nSPS) is 22.9. The SMILES string of the molecule is CCCN(CCC)c1ccc2cc(-c3ccc(/C(C)=C(\C#N)C(=O)N[C@H]4C(O)O[C@H](CC)[C@@H](O)[C@@H]4O)n3C)ccc2c1. The number of ether oxygens (including phenoxy) is 1. The smallest absolute Gasteiger partial charge is 0.262 e. The fraction of sp³-hybridized carbons (Fsp3) is 0.455. The highest BCUT2D eigenvalue weighted by molar-refractivity contribution is 6.04. The van der Waals surface area contributed by atoms with Gasteiger partial charge < -0.3 is 34.8 Å². The van der Waals surface area contributed by atoms with Gasteiger partial charge in [-0.1, -0.05) is 39.0 Å². The molecule has 1 aliphatic heterocycles. The first kappa shape index (κ1) is 31.3. The zero-order valence-electron chi connectivity index (χ0n) is 25.0. The number of anilines is 1. The van der Waals surface area contributed by atoms with Crippen LogP contribution in [0.15, 0.2) is 54.1 Å². The number of benzene rings is 2. The molecule has 4 N–H and O–H groups in total. The van der Waals surface area contributed by atoms with E-state index in [-0.39, 0.29) is 5.57 Å². The summed E-state index contributed by atoms with van der Waals surface area (Å²) in [6.07, 6.45) is -2.45. The van der Waals surface area contributed by atoms with Crippen LogP contribution in [0, 0.1) is 11.3 Å². The van der Waals surface area contributed by atoms with Gasteiger partial charge in [-0.05, 0) is 78.4 Å². The van der Waals surface area contributed by atoms with Gasteiger partial charge in [0.15, 0.2) is 6.29 Å². The van der Waals surface area contributed by atoms with Crippen LogP contribution < -0.4 is 10.2 Å². The van der Waals surface area contributed by atoms with Crippen LogP contribution in [-0.4, -0.2) is 69.5 Å². The third-order valence-electron chi connectivity index (χ3n) is 8.11. The number of aliphatic hydroxyl groups is 3. The summed E-state index contributed by atoms with van der Waals surface area (Å²) < 4.78 is 7.29. The fourth-order valence-corrected chi connectivity index (χ4v) is 5.77. The van der Waals surface area contributed by atoms with Crippen LogP contribution in [0.4, 0.5) is 5.69 Å². The lowest BCUT2D eigenvalue weighted by Crippen LogP contribution is -2.63. The average molecular weight is 575 g/mol. The molecule has 0 bridgehead atoms. The van der Waals surface area contributed by atoms with Crippen LogP contribution in [0.1, 0.15) is 52.7 Å². The van der Waals surface area contributed by atoms with Crippen LogP contribution in [0.2, 0.25) is 0 Å². The molecule has 224 valence electrons. The Bertz CT molecular complexity index is 1480. The summed E-state index contributed by atoms with van der Waals surface area (Å²) in [5.41, 5.74) is 4.10. The lowest BCUT2D eigenvalue weighted by atomic mass is 9.95. The number of hydrogen-bond acceptors (Lipinski definition) is 7. The summed E-state index contributed by atoms with van der Waals surface area (Å²) in [4.78, 5) is 15.6. The van der Waals surface area contributed by atoms with Gasteiger partial charge >= 0.3 is 0 Å². The molecule has 1 aromatic heterocycles.